The maximum Gasteiger partial charge on any atom is 0.431 e. The molecule has 0 saturated carbocycles. The summed E-state index contributed by atoms with van der Waals surface area (Å²) in [6.45, 7) is 0. The van der Waals surface area contributed by atoms with Crippen molar-refractivity contribution in [3.8, 4) is 6.07 Å². The van der Waals surface area contributed by atoms with Crippen LogP contribution in [0, 0.1) is 17.2 Å². The van der Waals surface area contributed by atoms with E-state index in [2.05, 4.69) is 5.10 Å². The number of hydrogen-bond acceptors (Lipinski definition) is 5. The first-order valence-electron chi connectivity index (χ1n) is 8.63. The van der Waals surface area contributed by atoms with Crippen LogP contribution in [0.5, 0.6) is 0 Å². The van der Waals surface area contributed by atoms with Gasteiger partial charge < -0.3 is 10.5 Å². The summed E-state index contributed by atoms with van der Waals surface area (Å²) in [4.78, 5) is 0. The van der Waals surface area contributed by atoms with Gasteiger partial charge >= 0.3 is 6.18 Å². The van der Waals surface area contributed by atoms with Crippen LogP contribution < -0.4 is 10.7 Å². The first kappa shape index (κ1) is 19.2. The molecule has 0 fully saturated rings. The first-order chi connectivity index (χ1) is 13.8. The zero-order valence-corrected chi connectivity index (χ0v) is 15.5. The van der Waals surface area contributed by atoms with Gasteiger partial charge in [-0.15, -0.1) is 0 Å². The monoisotopic (exact) mass is 418 g/mol. The molecule has 3 atom stereocenters. The average molecular weight is 419 g/mol. The van der Waals surface area contributed by atoms with Crippen molar-refractivity contribution >= 4 is 23.0 Å². The van der Waals surface area contributed by atoms with Gasteiger partial charge in [0, 0.05) is 10.9 Å². The molecule has 2 heterocycles. The third-order valence-corrected chi connectivity index (χ3v) is 5.18. The summed E-state index contributed by atoms with van der Waals surface area (Å²) < 4.78 is 47.4. The third-order valence-electron chi connectivity index (χ3n) is 4.92. The maximum atomic E-state index is 13.9. The van der Waals surface area contributed by atoms with E-state index in [1.165, 1.54) is 0 Å². The molecule has 0 bridgehead atoms. The number of nitrogens with two attached hydrogens (primary N) is 1. The zero-order valence-electron chi connectivity index (χ0n) is 14.8. The normalized spacial score (nSPS) is 23.9. The highest BCUT2D eigenvalue weighted by atomic mass is 35.5. The molecule has 2 aliphatic heterocycles. The molecule has 5 nitrogen and oxygen atoms in total. The molecule has 2 aliphatic rings. The second-order valence-corrected chi connectivity index (χ2v) is 7.05. The van der Waals surface area contributed by atoms with E-state index >= 15 is 0 Å². The van der Waals surface area contributed by atoms with E-state index in [0.29, 0.717) is 16.3 Å². The van der Waals surface area contributed by atoms with E-state index in [1.807, 2.05) is 6.07 Å². The molecular formula is C20H14ClF3N4O. The lowest BCUT2D eigenvalue weighted by Gasteiger charge is -2.37. The number of fused-ring (bicyclic) bond motifs is 1. The smallest absolute Gasteiger partial charge is 0.431 e. The van der Waals surface area contributed by atoms with Crippen molar-refractivity contribution in [2.75, 3.05) is 5.01 Å². The van der Waals surface area contributed by atoms with Gasteiger partial charge in [-0.1, -0.05) is 41.9 Å². The SMILES string of the molecule is N#CC1=C(N)O[C@H]2[C@H](C(C(F)(F)F)=NN2c2ccccc2)[C@@H]1c1ccc(Cl)cc1. The van der Waals surface area contributed by atoms with Crippen molar-refractivity contribution in [2.45, 2.75) is 18.3 Å². The van der Waals surface area contributed by atoms with E-state index in [1.54, 1.807) is 54.6 Å². The highest BCUT2D eigenvalue weighted by molar-refractivity contribution is 6.30. The van der Waals surface area contributed by atoms with Crippen LogP contribution in [0.15, 0.2) is 71.2 Å². The average Bonchev–Trinajstić information content (AvgIpc) is 3.08. The van der Waals surface area contributed by atoms with Crippen LogP contribution >= 0.6 is 11.6 Å². The number of hydrogen-bond donors (Lipinski definition) is 1. The molecule has 2 aromatic carbocycles. The Kier molecular flexibility index (Phi) is 4.63. The van der Waals surface area contributed by atoms with Gasteiger partial charge in [0.15, 0.2) is 5.71 Å². The van der Waals surface area contributed by atoms with E-state index in [-0.39, 0.29) is 11.5 Å². The predicted molar refractivity (Wildman–Crippen MR) is 102 cm³/mol. The molecule has 0 radical (unpaired) electrons. The Morgan fingerprint density at radius 2 is 1.76 bits per heavy atom. The molecule has 0 amide bonds. The minimum atomic E-state index is -4.72. The molecular weight excluding hydrogens is 405 g/mol. The Balaban J connectivity index is 1.90. The molecule has 4 rings (SSSR count). The number of ether oxygens (including phenoxy) is 1. The lowest BCUT2D eigenvalue weighted by molar-refractivity contribution is -0.0658. The minimum Gasteiger partial charge on any atom is -0.452 e. The second-order valence-electron chi connectivity index (χ2n) is 6.62. The summed E-state index contributed by atoms with van der Waals surface area (Å²) in [6, 6.07) is 16.6. The van der Waals surface area contributed by atoms with Gasteiger partial charge in [0.05, 0.1) is 17.2 Å². The van der Waals surface area contributed by atoms with Crippen LogP contribution in [0.4, 0.5) is 18.9 Å². The maximum absolute atomic E-state index is 13.9. The highest BCUT2D eigenvalue weighted by Crippen LogP contribution is 2.48. The van der Waals surface area contributed by atoms with Crippen LogP contribution in [0.2, 0.25) is 5.02 Å². The molecule has 0 spiro atoms. The zero-order chi connectivity index (χ0) is 20.8. The number of nitriles is 1. The van der Waals surface area contributed by atoms with Gasteiger partial charge in [-0.25, -0.2) is 5.01 Å². The summed E-state index contributed by atoms with van der Waals surface area (Å²) >= 11 is 5.93. The van der Waals surface area contributed by atoms with Gasteiger partial charge in [0.25, 0.3) is 0 Å². The van der Waals surface area contributed by atoms with E-state index in [9.17, 15) is 18.4 Å². The lowest BCUT2D eigenvalue weighted by Crippen LogP contribution is -2.46. The Hall–Kier alpha value is -3.18. The largest absolute Gasteiger partial charge is 0.452 e. The van der Waals surface area contributed by atoms with Crippen LogP contribution in [-0.2, 0) is 4.74 Å². The fourth-order valence-corrected chi connectivity index (χ4v) is 3.82. The number of anilines is 1. The Bertz CT molecular complexity index is 1030. The number of hydrazone groups is 1. The van der Waals surface area contributed by atoms with E-state index in [0.717, 1.165) is 5.01 Å². The van der Waals surface area contributed by atoms with Gasteiger partial charge in [-0.2, -0.15) is 23.5 Å². The van der Waals surface area contributed by atoms with Gasteiger partial charge in [0.2, 0.25) is 12.1 Å². The standard InChI is InChI=1S/C20H14ClF3N4O/c21-12-8-6-11(7-9-12)15-14(10-25)18(26)29-19-16(15)17(20(22,23)24)27-28(19)13-4-2-1-3-5-13/h1-9,15-16,19H,26H2/t15-,16+,19+/m1/s1. The Morgan fingerprint density at radius 3 is 2.34 bits per heavy atom. The van der Waals surface area contributed by atoms with Crippen LogP contribution in [0.3, 0.4) is 0 Å². The summed E-state index contributed by atoms with van der Waals surface area (Å²) in [5.41, 5.74) is 5.75. The van der Waals surface area contributed by atoms with Crippen LogP contribution in [-0.4, -0.2) is 18.1 Å². The number of rotatable bonds is 2. The second kappa shape index (κ2) is 7.01. The first-order valence-corrected chi connectivity index (χ1v) is 9.01. The molecule has 0 aromatic heterocycles. The van der Waals surface area contributed by atoms with Crippen molar-refractivity contribution in [1.29, 1.82) is 5.26 Å². The molecule has 0 unspecified atom stereocenters. The topological polar surface area (TPSA) is 74.6 Å². The van der Waals surface area contributed by atoms with Crippen molar-refractivity contribution in [3.05, 3.63) is 76.6 Å². The Morgan fingerprint density at radius 1 is 1.10 bits per heavy atom. The third kappa shape index (κ3) is 3.28. The number of halogens is 4. The van der Waals surface area contributed by atoms with Crippen molar-refractivity contribution in [1.82, 2.24) is 0 Å². The fraction of sp³-hybridized carbons (Fsp3) is 0.200. The molecule has 29 heavy (non-hydrogen) atoms. The molecule has 2 aromatic rings. The molecule has 148 valence electrons. The summed E-state index contributed by atoms with van der Waals surface area (Å²) in [7, 11) is 0. The number of para-hydroxylation sites is 1. The number of alkyl halides is 3. The molecule has 9 heteroatoms. The van der Waals surface area contributed by atoms with Gasteiger partial charge in [0.1, 0.15) is 6.07 Å². The van der Waals surface area contributed by atoms with Crippen molar-refractivity contribution in [3.63, 3.8) is 0 Å². The highest BCUT2D eigenvalue weighted by Gasteiger charge is 2.57. The minimum absolute atomic E-state index is 0.0690. The van der Waals surface area contributed by atoms with Crippen LogP contribution in [0.25, 0.3) is 0 Å². The quantitative estimate of drug-likeness (QED) is 0.777. The lowest BCUT2D eigenvalue weighted by atomic mass is 9.76. The number of benzene rings is 2. The summed E-state index contributed by atoms with van der Waals surface area (Å²) in [5, 5.41) is 15.1. The molecule has 2 N–H and O–H groups in total. The molecule has 0 saturated heterocycles. The van der Waals surface area contributed by atoms with Crippen LogP contribution in [0.1, 0.15) is 11.5 Å². The van der Waals surface area contributed by atoms with E-state index in [4.69, 9.17) is 22.1 Å². The summed E-state index contributed by atoms with van der Waals surface area (Å²) in [5.74, 6) is -2.48. The number of allylic oxidation sites excluding steroid dienone is 1. The fourth-order valence-electron chi connectivity index (χ4n) is 3.70. The van der Waals surface area contributed by atoms with E-state index < -0.39 is 30.0 Å². The summed E-state index contributed by atoms with van der Waals surface area (Å²) in [6.07, 6.45) is -5.86. The number of nitrogens with zero attached hydrogens (tertiary/aromatic N) is 3. The van der Waals surface area contributed by atoms with Gasteiger partial charge in [-0.05, 0) is 29.8 Å². The molecule has 0 aliphatic carbocycles. The van der Waals surface area contributed by atoms with Gasteiger partial charge in [-0.3, -0.25) is 0 Å². The van der Waals surface area contributed by atoms with Crippen molar-refractivity contribution in [2.24, 2.45) is 16.8 Å². The predicted octanol–water partition coefficient (Wildman–Crippen LogP) is 4.53. The Labute approximate surface area is 169 Å². The van der Waals surface area contributed by atoms with Crippen molar-refractivity contribution < 1.29 is 17.9 Å².